The standard InChI is InChI=1S/C19H18O6/c1-21-10-4-5-11-14(6-10)25-17-9-24-13-8-16(23-3)15(22-2)7-12(13)18(17)19(11)20/h4-8,17-18H,9H2,1-3H3/t17-,18-/m1/s1. The van der Waals surface area contributed by atoms with Crippen molar-refractivity contribution in [2.45, 2.75) is 12.0 Å². The van der Waals surface area contributed by atoms with E-state index >= 15 is 0 Å². The number of ether oxygens (including phenoxy) is 5. The van der Waals surface area contributed by atoms with Crippen molar-refractivity contribution in [3.05, 3.63) is 41.5 Å². The molecule has 6 heteroatoms. The monoisotopic (exact) mass is 342 g/mol. The number of ketones is 1. The van der Waals surface area contributed by atoms with Gasteiger partial charge in [0, 0.05) is 17.7 Å². The molecule has 0 aromatic heterocycles. The van der Waals surface area contributed by atoms with Gasteiger partial charge in [0.1, 0.15) is 30.0 Å². The average Bonchev–Trinajstić information content (AvgIpc) is 2.66. The maximum Gasteiger partial charge on any atom is 0.178 e. The molecule has 130 valence electrons. The minimum atomic E-state index is -0.440. The van der Waals surface area contributed by atoms with E-state index in [4.69, 9.17) is 23.7 Å². The maximum absolute atomic E-state index is 13.1. The average molecular weight is 342 g/mol. The van der Waals surface area contributed by atoms with Gasteiger partial charge in [-0.3, -0.25) is 4.79 Å². The molecule has 2 aromatic rings. The Balaban J connectivity index is 1.81. The van der Waals surface area contributed by atoms with E-state index in [1.165, 1.54) is 0 Å². The second kappa shape index (κ2) is 5.88. The first-order chi connectivity index (χ1) is 12.2. The van der Waals surface area contributed by atoms with Crippen LogP contribution >= 0.6 is 0 Å². The predicted molar refractivity (Wildman–Crippen MR) is 89.5 cm³/mol. The van der Waals surface area contributed by atoms with Gasteiger partial charge in [-0.25, -0.2) is 0 Å². The van der Waals surface area contributed by atoms with Gasteiger partial charge >= 0.3 is 0 Å². The molecule has 2 heterocycles. The molecule has 0 fully saturated rings. The molecule has 2 atom stereocenters. The number of rotatable bonds is 3. The summed E-state index contributed by atoms with van der Waals surface area (Å²) in [6.45, 7) is 0.287. The largest absolute Gasteiger partial charge is 0.497 e. The topological polar surface area (TPSA) is 63.2 Å². The van der Waals surface area contributed by atoms with E-state index in [0.29, 0.717) is 34.3 Å². The zero-order valence-corrected chi connectivity index (χ0v) is 14.2. The molecule has 0 saturated heterocycles. The Bertz CT molecular complexity index is 844. The molecule has 0 aliphatic carbocycles. The third-order valence-corrected chi connectivity index (χ3v) is 4.64. The van der Waals surface area contributed by atoms with Crippen LogP contribution in [0.1, 0.15) is 21.8 Å². The summed E-state index contributed by atoms with van der Waals surface area (Å²) >= 11 is 0. The van der Waals surface area contributed by atoms with Crippen LogP contribution in [-0.2, 0) is 0 Å². The van der Waals surface area contributed by atoms with Crippen LogP contribution in [0.15, 0.2) is 30.3 Å². The van der Waals surface area contributed by atoms with Crippen LogP contribution in [0.25, 0.3) is 0 Å². The first-order valence-electron chi connectivity index (χ1n) is 7.94. The normalized spacial score (nSPS) is 20.4. The van der Waals surface area contributed by atoms with Gasteiger partial charge in [-0.15, -0.1) is 0 Å². The van der Waals surface area contributed by atoms with E-state index in [-0.39, 0.29) is 12.4 Å². The Labute approximate surface area is 145 Å². The minimum absolute atomic E-state index is 0.00525. The lowest BCUT2D eigenvalue weighted by Crippen LogP contribution is -2.43. The third-order valence-electron chi connectivity index (χ3n) is 4.64. The molecule has 25 heavy (non-hydrogen) atoms. The van der Waals surface area contributed by atoms with Crippen molar-refractivity contribution in [1.29, 1.82) is 0 Å². The summed E-state index contributed by atoms with van der Waals surface area (Å²) in [5.41, 5.74) is 1.30. The third kappa shape index (κ3) is 2.36. The fraction of sp³-hybridized carbons (Fsp3) is 0.316. The summed E-state index contributed by atoms with van der Waals surface area (Å²) in [5.74, 6) is 2.47. The number of hydrogen-bond acceptors (Lipinski definition) is 6. The number of methoxy groups -OCH3 is 3. The summed E-state index contributed by atoms with van der Waals surface area (Å²) < 4.78 is 27.7. The molecule has 0 amide bonds. The van der Waals surface area contributed by atoms with Gasteiger partial charge in [0.2, 0.25) is 0 Å². The summed E-state index contributed by atoms with van der Waals surface area (Å²) in [4.78, 5) is 13.1. The molecule has 0 unspecified atom stereocenters. The van der Waals surface area contributed by atoms with E-state index in [1.54, 1.807) is 51.7 Å². The molecular formula is C19H18O6. The van der Waals surface area contributed by atoms with Crippen molar-refractivity contribution in [1.82, 2.24) is 0 Å². The molecule has 2 aliphatic rings. The van der Waals surface area contributed by atoms with Crippen LogP contribution in [0.3, 0.4) is 0 Å². The van der Waals surface area contributed by atoms with Gasteiger partial charge in [0.25, 0.3) is 0 Å². The van der Waals surface area contributed by atoms with Crippen LogP contribution in [0, 0.1) is 0 Å². The van der Waals surface area contributed by atoms with Gasteiger partial charge in [-0.1, -0.05) is 0 Å². The van der Waals surface area contributed by atoms with E-state index in [1.807, 2.05) is 0 Å². The number of carbonyl (C=O) groups is 1. The summed E-state index contributed by atoms with van der Waals surface area (Å²) in [6, 6.07) is 8.77. The van der Waals surface area contributed by atoms with E-state index in [0.717, 1.165) is 5.56 Å². The number of carbonyl (C=O) groups excluding carboxylic acids is 1. The lowest BCUT2D eigenvalue weighted by atomic mass is 9.82. The molecule has 0 N–H and O–H groups in total. The van der Waals surface area contributed by atoms with Crippen molar-refractivity contribution in [3.8, 4) is 28.7 Å². The van der Waals surface area contributed by atoms with Gasteiger partial charge in [-0.2, -0.15) is 0 Å². The van der Waals surface area contributed by atoms with Crippen molar-refractivity contribution in [2.24, 2.45) is 0 Å². The smallest absolute Gasteiger partial charge is 0.178 e. The lowest BCUT2D eigenvalue weighted by molar-refractivity contribution is 0.0557. The molecule has 0 bridgehead atoms. The SMILES string of the molecule is COc1ccc2c(c1)O[C@@H]1COc3cc(OC)c(OC)cc3[C@H]1C2=O. The van der Waals surface area contributed by atoms with Gasteiger partial charge in [0.05, 0.1) is 32.8 Å². The molecule has 6 nitrogen and oxygen atoms in total. The van der Waals surface area contributed by atoms with Crippen molar-refractivity contribution < 1.29 is 28.5 Å². The molecule has 0 radical (unpaired) electrons. The Morgan fingerprint density at radius 3 is 2.44 bits per heavy atom. The Hall–Kier alpha value is -2.89. The van der Waals surface area contributed by atoms with Crippen LogP contribution in [0.2, 0.25) is 0 Å². The van der Waals surface area contributed by atoms with Crippen molar-refractivity contribution in [2.75, 3.05) is 27.9 Å². The van der Waals surface area contributed by atoms with E-state index < -0.39 is 12.0 Å². The van der Waals surface area contributed by atoms with Gasteiger partial charge < -0.3 is 23.7 Å². The zero-order chi connectivity index (χ0) is 17.6. The molecule has 0 saturated carbocycles. The molecular weight excluding hydrogens is 324 g/mol. The fourth-order valence-electron chi connectivity index (χ4n) is 3.39. The van der Waals surface area contributed by atoms with Gasteiger partial charge in [-0.05, 0) is 18.2 Å². The Morgan fingerprint density at radius 1 is 0.960 bits per heavy atom. The lowest BCUT2D eigenvalue weighted by Gasteiger charge is -2.37. The molecule has 4 rings (SSSR count). The summed E-state index contributed by atoms with van der Waals surface area (Å²) in [5, 5.41) is 0. The first kappa shape index (κ1) is 15.6. The second-order valence-electron chi connectivity index (χ2n) is 5.92. The van der Waals surface area contributed by atoms with E-state index in [9.17, 15) is 4.79 Å². The highest BCUT2D eigenvalue weighted by molar-refractivity contribution is 6.05. The highest BCUT2D eigenvalue weighted by atomic mass is 16.5. The Kier molecular flexibility index (Phi) is 3.67. The van der Waals surface area contributed by atoms with Crippen LogP contribution in [0.5, 0.6) is 28.7 Å². The quantitative estimate of drug-likeness (QED) is 0.855. The first-order valence-corrected chi connectivity index (χ1v) is 7.94. The van der Waals surface area contributed by atoms with Crippen LogP contribution in [0.4, 0.5) is 0 Å². The van der Waals surface area contributed by atoms with Crippen LogP contribution < -0.4 is 23.7 Å². The number of hydrogen-bond donors (Lipinski definition) is 0. The zero-order valence-electron chi connectivity index (χ0n) is 14.2. The summed E-state index contributed by atoms with van der Waals surface area (Å²) in [6.07, 6.45) is -0.391. The number of benzene rings is 2. The summed E-state index contributed by atoms with van der Waals surface area (Å²) in [7, 11) is 4.70. The van der Waals surface area contributed by atoms with Crippen molar-refractivity contribution >= 4 is 5.78 Å². The number of Topliss-reactive ketones (excluding diaryl/α,β-unsaturated/α-hetero) is 1. The highest BCUT2D eigenvalue weighted by Crippen LogP contribution is 2.46. The number of fused-ring (bicyclic) bond motifs is 4. The van der Waals surface area contributed by atoms with E-state index in [2.05, 4.69) is 0 Å². The molecule has 2 aromatic carbocycles. The molecule has 2 aliphatic heterocycles. The molecule has 0 spiro atoms. The van der Waals surface area contributed by atoms with Crippen molar-refractivity contribution in [3.63, 3.8) is 0 Å². The van der Waals surface area contributed by atoms with Crippen LogP contribution in [-0.4, -0.2) is 39.8 Å². The Morgan fingerprint density at radius 2 is 1.72 bits per heavy atom. The minimum Gasteiger partial charge on any atom is -0.497 e. The predicted octanol–water partition coefficient (Wildman–Crippen LogP) is 2.83. The fourth-order valence-corrected chi connectivity index (χ4v) is 3.39. The van der Waals surface area contributed by atoms with Gasteiger partial charge in [0.15, 0.2) is 17.3 Å². The second-order valence-corrected chi connectivity index (χ2v) is 5.92. The maximum atomic E-state index is 13.1. The highest BCUT2D eigenvalue weighted by Gasteiger charge is 2.43.